The summed E-state index contributed by atoms with van der Waals surface area (Å²) in [4.78, 5) is 17.7. The van der Waals surface area contributed by atoms with Gasteiger partial charge in [0.05, 0.1) is 29.9 Å². The average molecular weight is 444 g/mol. The molecule has 6 heteroatoms. The molecule has 0 spiro atoms. The zero-order valence-corrected chi connectivity index (χ0v) is 18.8. The fourth-order valence-corrected chi connectivity index (χ4v) is 5.19. The molecule has 0 fully saturated rings. The maximum atomic E-state index is 12.9. The number of carbonyl (C=O) groups is 1. The Morgan fingerprint density at radius 2 is 1.88 bits per heavy atom. The van der Waals surface area contributed by atoms with E-state index >= 15 is 0 Å². The van der Waals surface area contributed by atoms with Crippen molar-refractivity contribution < 1.29 is 9.53 Å². The smallest absolute Gasteiger partial charge is 0.230 e. The molecule has 5 rings (SSSR count). The van der Waals surface area contributed by atoms with Crippen LogP contribution in [-0.4, -0.2) is 28.3 Å². The van der Waals surface area contributed by atoms with E-state index in [1.54, 1.807) is 7.11 Å². The molecule has 1 amide bonds. The number of nitrogens with zero attached hydrogens (tertiary/aromatic N) is 2. The number of benzene rings is 3. The number of carbonyl (C=O) groups excluding carboxylic acids is 1. The van der Waals surface area contributed by atoms with Crippen molar-refractivity contribution >= 4 is 28.7 Å². The molecular formula is C26H25N3O2S. The minimum absolute atomic E-state index is 0.0324. The molecule has 162 valence electrons. The standard InChI is InChI=1S/C26H25N3O2S/c1-31-20-15-13-19(14-16-20)29-24-12-5-4-10-23(24)28-26(29)32-17-25(30)27-22-11-6-8-18-7-2-3-9-21(18)22/h2-5,7,9-10,12-16,22H,6,8,11,17H2,1H3,(H,27,30)/t22-/m1/s1. The second-order valence-electron chi connectivity index (χ2n) is 7.92. The molecule has 0 aliphatic heterocycles. The van der Waals surface area contributed by atoms with E-state index in [-0.39, 0.29) is 11.9 Å². The third-order valence-corrected chi connectivity index (χ3v) is 6.84. The van der Waals surface area contributed by atoms with Gasteiger partial charge >= 0.3 is 0 Å². The Labute approximate surface area is 191 Å². The Morgan fingerprint density at radius 1 is 1.09 bits per heavy atom. The molecule has 5 nitrogen and oxygen atoms in total. The number of ether oxygens (including phenoxy) is 1. The van der Waals surface area contributed by atoms with E-state index in [4.69, 9.17) is 9.72 Å². The van der Waals surface area contributed by atoms with E-state index in [0.717, 1.165) is 46.9 Å². The van der Waals surface area contributed by atoms with E-state index in [9.17, 15) is 4.79 Å². The van der Waals surface area contributed by atoms with Crippen LogP contribution in [0.25, 0.3) is 16.7 Å². The molecule has 1 heterocycles. The molecule has 1 atom stereocenters. The first-order valence-electron chi connectivity index (χ1n) is 10.8. The van der Waals surface area contributed by atoms with E-state index in [0.29, 0.717) is 5.75 Å². The number of nitrogens with one attached hydrogen (secondary N) is 1. The van der Waals surface area contributed by atoms with Crippen molar-refractivity contribution in [3.8, 4) is 11.4 Å². The van der Waals surface area contributed by atoms with E-state index < -0.39 is 0 Å². The normalized spacial score (nSPS) is 15.3. The maximum absolute atomic E-state index is 12.9. The molecule has 1 aliphatic carbocycles. The number of rotatable bonds is 6. The maximum Gasteiger partial charge on any atom is 0.230 e. The summed E-state index contributed by atoms with van der Waals surface area (Å²) in [5, 5.41) is 4.04. The highest BCUT2D eigenvalue weighted by molar-refractivity contribution is 7.99. The SMILES string of the molecule is COc1ccc(-n2c(SCC(=O)N[C@@H]3CCCc4ccccc43)nc3ccccc32)cc1. The summed E-state index contributed by atoms with van der Waals surface area (Å²) >= 11 is 1.46. The molecule has 4 aromatic rings. The van der Waals surface area contributed by atoms with E-state index in [2.05, 4.69) is 40.2 Å². The third kappa shape index (κ3) is 4.10. The second-order valence-corrected chi connectivity index (χ2v) is 8.86. The van der Waals surface area contributed by atoms with Crippen LogP contribution in [-0.2, 0) is 11.2 Å². The summed E-state index contributed by atoms with van der Waals surface area (Å²) in [6, 6.07) is 24.4. The van der Waals surface area contributed by atoms with Gasteiger partial charge in [0.1, 0.15) is 5.75 Å². The highest BCUT2D eigenvalue weighted by Crippen LogP contribution is 2.31. The van der Waals surface area contributed by atoms with Crippen molar-refractivity contribution in [2.24, 2.45) is 0 Å². The lowest BCUT2D eigenvalue weighted by atomic mass is 9.88. The number of hydrogen-bond donors (Lipinski definition) is 1. The van der Waals surface area contributed by atoms with E-state index in [1.165, 1.54) is 22.9 Å². The van der Waals surface area contributed by atoms with Crippen LogP contribution in [0.2, 0.25) is 0 Å². The lowest BCUT2D eigenvalue weighted by Gasteiger charge is -2.26. The fourth-order valence-electron chi connectivity index (χ4n) is 4.35. The van der Waals surface area contributed by atoms with Crippen LogP contribution in [0.1, 0.15) is 30.0 Å². The van der Waals surface area contributed by atoms with Gasteiger partial charge < -0.3 is 10.1 Å². The second kappa shape index (κ2) is 9.09. The van der Waals surface area contributed by atoms with Crippen molar-refractivity contribution in [3.63, 3.8) is 0 Å². The van der Waals surface area contributed by atoms with Crippen molar-refractivity contribution in [3.05, 3.63) is 83.9 Å². The summed E-state index contributed by atoms with van der Waals surface area (Å²) in [5.41, 5.74) is 5.51. The summed E-state index contributed by atoms with van der Waals surface area (Å²) in [5.74, 6) is 1.16. The molecule has 1 N–H and O–H groups in total. The van der Waals surface area contributed by atoms with Gasteiger partial charge in [-0.15, -0.1) is 0 Å². The Hall–Kier alpha value is -3.25. The Morgan fingerprint density at radius 3 is 2.72 bits per heavy atom. The molecule has 1 aromatic heterocycles. The van der Waals surface area contributed by atoms with Gasteiger partial charge in [0, 0.05) is 5.69 Å². The summed E-state index contributed by atoms with van der Waals surface area (Å²) in [6.45, 7) is 0. The fraction of sp³-hybridized carbons (Fsp3) is 0.231. The number of hydrogen-bond acceptors (Lipinski definition) is 4. The molecule has 3 aromatic carbocycles. The summed E-state index contributed by atoms with van der Waals surface area (Å²) < 4.78 is 7.40. The Balaban J connectivity index is 1.36. The first-order chi connectivity index (χ1) is 15.7. The first-order valence-corrected chi connectivity index (χ1v) is 11.8. The highest BCUT2D eigenvalue weighted by Gasteiger charge is 2.22. The van der Waals surface area contributed by atoms with Crippen LogP contribution in [0.4, 0.5) is 0 Å². The predicted octanol–water partition coefficient (Wildman–Crippen LogP) is 5.32. The van der Waals surface area contributed by atoms with Gasteiger partial charge in [-0.2, -0.15) is 0 Å². The first kappa shape index (κ1) is 20.6. The molecule has 0 saturated heterocycles. The van der Waals surface area contributed by atoms with Crippen molar-refractivity contribution in [2.45, 2.75) is 30.5 Å². The quantitative estimate of drug-likeness (QED) is 0.410. The minimum Gasteiger partial charge on any atom is -0.497 e. The zero-order valence-electron chi connectivity index (χ0n) is 18.0. The summed E-state index contributed by atoms with van der Waals surface area (Å²) in [7, 11) is 1.66. The molecule has 0 bridgehead atoms. The lowest BCUT2D eigenvalue weighted by molar-refractivity contribution is -0.119. The third-order valence-electron chi connectivity index (χ3n) is 5.90. The highest BCUT2D eigenvalue weighted by atomic mass is 32.2. The lowest BCUT2D eigenvalue weighted by Crippen LogP contribution is -2.32. The van der Waals surface area contributed by atoms with Crippen molar-refractivity contribution in [1.29, 1.82) is 0 Å². The molecule has 0 radical (unpaired) electrons. The van der Waals surface area contributed by atoms with Gasteiger partial charge in [-0.05, 0) is 66.8 Å². The zero-order chi connectivity index (χ0) is 21.9. The van der Waals surface area contributed by atoms with Crippen LogP contribution < -0.4 is 10.1 Å². The number of fused-ring (bicyclic) bond motifs is 2. The van der Waals surface area contributed by atoms with Gasteiger partial charge in [0.25, 0.3) is 0 Å². The Bertz CT molecular complexity index is 1250. The molecular weight excluding hydrogens is 418 g/mol. The van der Waals surface area contributed by atoms with Gasteiger partial charge in [0.2, 0.25) is 5.91 Å². The number of aryl methyl sites for hydroxylation is 1. The van der Waals surface area contributed by atoms with Crippen LogP contribution in [0.5, 0.6) is 5.75 Å². The minimum atomic E-state index is 0.0324. The molecule has 0 saturated carbocycles. The van der Waals surface area contributed by atoms with Crippen LogP contribution in [0.15, 0.2) is 78.0 Å². The van der Waals surface area contributed by atoms with Crippen molar-refractivity contribution in [2.75, 3.05) is 12.9 Å². The average Bonchev–Trinajstić information content (AvgIpc) is 3.21. The number of methoxy groups -OCH3 is 1. The van der Waals surface area contributed by atoms with Gasteiger partial charge in [0.15, 0.2) is 5.16 Å². The molecule has 1 aliphatic rings. The van der Waals surface area contributed by atoms with Crippen LogP contribution in [0, 0.1) is 0 Å². The number of thioether (sulfide) groups is 1. The topological polar surface area (TPSA) is 56.1 Å². The van der Waals surface area contributed by atoms with Crippen LogP contribution >= 0.6 is 11.8 Å². The largest absolute Gasteiger partial charge is 0.497 e. The number of aromatic nitrogens is 2. The van der Waals surface area contributed by atoms with Crippen LogP contribution in [0.3, 0.4) is 0 Å². The summed E-state index contributed by atoms with van der Waals surface area (Å²) in [6.07, 6.45) is 3.17. The van der Waals surface area contributed by atoms with Gasteiger partial charge in [-0.25, -0.2) is 4.98 Å². The van der Waals surface area contributed by atoms with E-state index in [1.807, 2.05) is 42.5 Å². The number of para-hydroxylation sites is 2. The van der Waals surface area contributed by atoms with Gasteiger partial charge in [-0.1, -0.05) is 48.2 Å². The molecule has 32 heavy (non-hydrogen) atoms. The van der Waals surface area contributed by atoms with Crippen molar-refractivity contribution in [1.82, 2.24) is 14.9 Å². The number of imidazole rings is 1. The van der Waals surface area contributed by atoms with Gasteiger partial charge in [-0.3, -0.25) is 9.36 Å². The predicted molar refractivity (Wildman–Crippen MR) is 129 cm³/mol. The molecule has 0 unspecified atom stereocenters. The Kier molecular flexibility index (Phi) is 5.86. The monoisotopic (exact) mass is 443 g/mol. The number of amides is 1.